The molecule has 0 saturated carbocycles. The quantitative estimate of drug-likeness (QED) is 0.487. The normalized spacial score (nSPS) is 11.6. The number of fused-ring (bicyclic) bond motifs is 1. The van der Waals surface area contributed by atoms with Gasteiger partial charge in [-0.25, -0.2) is 0 Å². The Morgan fingerprint density at radius 1 is 1.10 bits per heavy atom. The smallest absolute Gasteiger partial charge is 0.255 e. The van der Waals surface area contributed by atoms with Crippen LogP contribution in [0.5, 0.6) is 5.75 Å². The molecule has 0 aliphatic carbocycles. The van der Waals surface area contributed by atoms with Gasteiger partial charge in [-0.1, -0.05) is 44.5 Å². The van der Waals surface area contributed by atoms with Crippen molar-refractivity contribution >= 4 is 28.8 Å². The number of benzene rings is 2. The fourth-order valence-corrected chi connectivity index (χ4v) is 3.58. The molecule has 0 aliphatic rings. The van der Waals surface area contributed by atoms with Crippen LogP contribution in [0.4, 0.5) is 5.69 Å². The third kappa shape index (κ3) is 3.64. The van der Waals surface area contributed by atoms with E-state index in [2.05, 4.69) is 20.5 Å². The van der Waals surface area contributed by atoms with Crippen LogP contribution in [0.1, 0.15) is 36.8 Å². The Bertz CT molecular complexity index is 1220. The van der Waals surface area contributed by atoms with Gasteiger partial charge in [0.1, 0.15) is 10.8 Å². The second kappa shape index (κ2) is 7.50. The number of methoxy groups -OCH3 is 1. The SMILES string of the molecule is COc1ccc(C(=O)Nc2ccccc2-c2nn3nc(C(C)(C)C)c(Cl)c3[nH]2)cc1. The molecular formula is C22H22ClN5O2. The first-order valence-electron chi connectivity index (χ1n) is 9.48. The van der Waals surface area contributed by atoms with Gasteiger partial charge in [0.2, 0.25) is 0 Å². The molecule has 8 heteroatoms. The first-order valence-corrected chi connectivity index (χ1v) is 9.85. The number of nitrogens with zero attached hydrogens (tertiary/aromatic N) is 3. The van der Waals surface area contributed by atoms with Crippen molar-refractivity contribution in [1.29, 1.82) is 0 Å². The summed E-state index contributed by atoms with van der Waals surface area (Å²) in [6.45, 7) is 6.14. The number of rotatable bonds is 4. The van der Waals surface area contributed by atoms with E-state index in [0.717, 1.165) is 11.3 Å². The number of H-pyrrole nitrogens is 1. The lowest BCUT2D eigenvalue weighted by molar-refractivity contribution is 0.102. The maximum absolute atomic E-state index is 12.7. The van der Waals surface area contributed by atoms with Crippen LogP contribution < -0.4 is 10.1 Å². The van der Waals surface area contributed by atoms with E-state index in [4.69, 9.17) is 16.3 Å². The van der Waals surface area contributed by atoms with Crippen LogP contribution in [-0.4, -0.2) is 32.8 Å². The Morgan fingerprint density at radius 2 is 1.80 bits per heavy atom. The summed E-state index contributed by atoms with van der Waals surface area (Å²) in [5.41, 5.74) is 3.08. The van der Waals surface area contributed by atoms with Crippen molar-refractivity contribution in [3.05, 3.63) is 64.8 Å². The van der Waals surface area contributed by atoms with Gasteiger partial charge in [0.25, 0.3) is 5.91 Å². The van der Waals surface area contributed by atoms with Gasteiger partial charge in [0.05, 0.1) is 18.5 Å². The molecule has 0 radical (unpaired) electrons. The third-order valence-corrected chi connectivity index (χ3v) is 5.09. The lowest BCUT2D eigenvalue weighted by Gasteiger charge is -2.14. The minimum atomic E-state index is -0.227. The average Bonchev–Trinajstić information content (AvgIpc) is 3.27. The van der Waals surface area contributed by atoms with E-state index in [-0.39, 0.29) is 11.3 Å². The van der Waals surface area contributed by atoms with E-state index < -0.39 is 0 Å². The van der Waals surface area contributed by atoms with Crippen LogP contribution in [0.3, 0.4) is 0 Å². The van der Waals surface area contributed by atoms with E-state index in [1.54, 1.807) is 31.4 Å². The van der Waals surface area contributed by atoms with Gasteiger partial charge in [-0.05, 0) is 36.4 Å². The van der Waals surface area contributed by atoms with Crippen LogP contribution in [0.25, 0.3) is 17.0 Å². The van der Waals surface area contributed by atoms with E-state index >= 15 is 0 Å². The molecule has 0 fully saturated rings. The summed E-state index contributed by atoms with van der Waals surface area (Å²) < 4.78 is 6.64. The van der Waals surface area contributed by atoms with E-state index in [1.807, 2.05) is 45.0 Å². The molecule has 154 valence electrons. The molecule has 30 heavy (non-hydrogen) atoms. The molecule has 0 bridgehead atoms. The molecule has 7 nitrogen and oxygen atoms in total. The highest BCUT2D eigenvalue weighted by Gasteiger charge is 2.25. The standard InChI is InChI=1S/C22H22ClN5O2/c1-22(2,3)18-17(23)20-25-19(27-28(20)26-18)15-7-5-6-8-16(15)24-21(29)13-9-11-14(30-4)12-10-13/h5-12H,1-4H3,(H,24,29)(H,25,27). The van der Waals surface area contributed by atoms with Crippen LogP contribution >= 0.6 is 11.6 Å². The van der Waals surface area contributed by atoms with Crippen molar-refractivity contribution in [3.8, 4) is 17.1 Å². The van der Waals surface area contributed by atoms with Crippen molar-refractivity contribution in [3.63, 3.8) is 0 Å². The number of hydrogen-bond acceptors (Lipinski definition) is 4. The number of para-hydroxylation sites is 1. The molecular weight excluding hydrogens is 402 g/mol. The van der Waals surface area contributed by atoms with E-state index in [1.165, 1.54) is 4.63 Å². The van der Waals surface area contributed by atoms with Gasteiger partial charge in [0.15, 0.2) is 11.5 Å². The van der Waals surface area contributed by atoms with Crippen molar-refractivity contribution in [2.75, 3.05) is 12.4 Å². The number of ether oxygens (including phenoxy) is 1. The summed E-state index contributed by atoms with van der Waals surface area (Å²) in [5.74, 6) is 1.03. The Balaban J connectivity index is 1.67. The Labute approximate surface area is 179 Å². The molecule has 2 aromatic heterocycles. The van der Waals surface area contributed by atoms with Crippen molar-refractivity contribution in [1.82, 2.24) is 19.8 Å². The van der Waals surface area contributed by atoms with Gasteiger partial charge in [-0.2, -0.15) is 5.10 Å². The highest BCUT2D eigenvalue weighted by molar-refractivity contribution is 6.34. The first kappa shape index (κ1) is 20.0. The van der Waals surface area contributed by atoms with Crippen molar-refractivity contribution in [2.45, 2.75) is 26.2 Å². The van der Waals surface area contributed by atoms with Crippen molar-refractivity contribution < 1.29 is 9.53 Å². The zero-order valence-electron chi connectivity index (χ0n) is 17.2. The minimum absolute atomic E-state index is 0.198. The van der Waals surface area contributed by atoms with Crippen LogP contribution in [0.2, 0.25) is 5.02 Å². The minimum Gasteiger partial charge on any atom is -0.497 e. The first-order chi connectivity index (χ1) is 14.3. The molecule has 0 spiro atoms. The lowest BCUT2D eigenvalue weighted by Crippen LogP contribution is -2.13. The molecule has 4 aromatic rings. The van der Waals surface area contributed by atoms with Gasteiger partial charge >= 0.3 is 0 Å². The van der Waals surface area contributed by atoms with Gasteiger partial charge < -0.3 is 15.0 Å². The summed E-state index contributed by atoms with van der Waals surface area (Å²) in [6.07, 6.45) is 0. The molecule has 4 rings (SSSR count). The number of aromatic nitrogens is 4. The van der Waals surface area contributed by atoms with Gasteiger partial charge in [-0.15, -0.1) is 9.73 Å². The lowest BCUT2D eigenvalue weighted by atomic mass is 9.92. The third-order valence-electron chi connectivity index (χ3n) is 4.74. The number of nitrogens with one attached hydrogen (secondary N) is 2. The molecule has 0 atom stereocenters. The zero-order valence-corrected chi connectivity index (χ0v) is 17.9. The zero-order chi connectivity index (χ0) is 21.5. The number of carbonyl (C=O) groups excluding carboxylic acids is 1. The second-order valence-electron chi connectivity index (χ2n) is 7.95. The van der Waals surface area contributed by atoms with Crippen LogP contribution in [0.15, 0.2) is 48.5 Å². The topological polar surface area (TPSA) is 84.3 Å². The molecule has 0 saturated heterocycles. The summed E-state index contributed by atoms with van der Waals surface area (Å²) in [7, 11) is 1.59. The number of anilines is 1. The van der Waals surface area contributed by atoms with Crippen LogP contribution in [-0.2, 0) is 5.41 Å². The van der Waals surface area contributed by atoms with Crippen molar-refractivity contribution in [2.24, 2.45) is 0 Å². The molecule has 2 heterocycles. The molecule has 2 N–H and O–H groups in total. The van der Waals surface area contributed by atoms with Gasteiger partial charge in [0, 0.05) is 16.5 Å². The summed E-state index contributed by atoms with van der Waals surface area (Å²) >= 11 is 6.54. The maximum atomic E-state index is 12.7. The van der Waals surface area contributed by atoms with E-state index in [0.29, 0.717) is 33.5 Å². The Kier molecular flexibility index (Phi) is 4.99. The number of amides is 1. The molecule has 0 unspecified atom stereocenters. The maximum Gasteiger partial charge on any atom is 0.255 e. The summed E-state index contributed by atoms with van der Waals surface area (Å²) in [6, 6.07) is 14.4. The summed E-state index contributed by atoms with van der Waals surface area (Å²) in [5, 5.41) is 12.6. The highest BCUT2D eigenvalue weighted by Crippen LogP contribution is 2.33. The number of hydrogen-bond donors (Lipinski definition) is 2. The van der Waals surface area contributed by atoms with E-state index in [9.17, 15) is 4.79 Å². The second-order valence-corrected chi connectivity index (χ2v) is 8.33. The highest BCUT2D eigenvalue weighted by atomic mass is 35.5. The number of aromatic amines is 1. The molecule has 1 amide bonds. The van der Waals surface area contributed by atoms with Gasteiger partial charge in [-0.3, -0.25) is 4.79 Å². The fourth-order valence-electron chi connectivity index (χ4n) is 3.13. The predicted octanol–water partition coefficient (Wildman–Crippen LogP) is 4.94. The monoisotopic (exact) mass is 423 g/mol. The Morgan fingerprint density at radius 3 is 2.43 bits per heavy atom. The number of carbonyl (C=O) groups is 1. The average molecular weight is 424 g/mol. The predicted molar refractivity (Wildman–Crippen MR) is 117 cm³/mol. The summed E-state index contributed by atoms with van der Waals surface area (Å²) in [4.78, 5) is 15.9. The molecule has 0 aliphatic heterocycles. The fraction of sp³-hybridized carbons (Fsp3) is 0.227. The largest absolute Gasteiger partial charge is 0.497 e. The van der Waals surface area contributed by atoms with Crippen LogP contribution in [0, 0.1) is 0 Å². The Hall–Kier alpha value is -3.32. The molecule has 2 aromatic carbocycles. The number of halogens is 1.